The van der Waals surface area contributed by atoms with E-state index in [1.165, 1.54) is 5.56 Å². The number of aromatic nitrogens is 1. The van der Waals surface area contributed by atoms with Gasteiger partial charge >= 0.3 is 0 Å². The van der Waals surface area contributed by atoms with Crippen molar-refractivity contribution in [3.8, 4) is 0 Å². The third-order valence-corrected chi connectivity index (χ3v) is 4.92. The fraction of sp³-hybridized carbons (Fsp3) is 0.444. The van der Waals surface area contributed by atoms with Gasteiger partial charge in [0.05, 0.1) is 11.1 Å². The lowest BCUT2D eigenvalue weighted by molar-refractivity contribution is 0.0665. The monoisotopic (exact) mass is 295 g/mol. The molecule has 0 unspecified atom stereocenters. The molecule has 1 fully saturated rings. The molecule has 1 saturated heterocycles. The quantitative estimate of drug-likeness (QED) is 0.808. The van der Waals surface area contributed by atoms with Gasteiger partial charge in [0.15, 0.2) is 0 Å². The molecule has 2 aliphatic rings. The summed E-state index contributed by atoms with van der Waals surface area (Å²) in [6.07, 6.45) is 3.10. The standard InChI is InChI=1S/C18H21N3O/c1-20-9-11-21(12-10-20)18(22)17-13-5-2-3-7-15(13)19-16-8-4-6-14(16)17/h2-3,5,7H,4,6,8-12H2,1H3. The van der Waals surface area contributed by atoms with Crippen LogP contribution in [0.2, 0.25) is 0 Å². The molecule has 2 heterocycles. The van der Waals surface area contributed by atoms with Crippen LogP contribution in [0.15, 0.2) is 24.3 Å². The maximum absolute atomic E-state index is 13.2. The van der Waals surface area contributed by atoms with Gasteiger partial charge in [0, 0.05) is 37.3 Å². The van der Waals surface area contributed by atoms with Crippen molar-refractivity contribution in [1.82, 2.24) is 14.8 Å². The summed E-state index contributed by atoms with van der Waals surface area (Å²) in [5.74, 6) is 0.199. The summed E-state index contributed by atoms with van der Waals surface area (Å²) in [6.45, 7) is 3.55. The Kier molecular flexibility index (Phi) is 3.34. The lowest BCUT2D eigenvalue weighted by atomic mass is 9.99. The number of para-hydroxylation sites is 1. The van der Waals surface area contributed by atoms with Crippen molar-refractivity contribution >= 4 is 16.8 Å². The summed E-state index contributed by atoms with van der Waals surface area (Å²) in [5.41, 5.74) is 4.21. The number of piperazine rings is 1. The molecule has 4 nitrogen and oxygen atoms in total. The average Bonchev–Trinajstić information content (AvgIpc) is 3.00. The Balaban J connectivity index is 1.81. The molecular weight excluding hydrogens is 274 g/mol. The number of fused-ring (bicyclic) bond motifs is 2. The van der Waals surface area contributed by atoms with Crippen LogP contribution in [0.25, 0.3) is 10.9 Å². The highest BCUT2D eigenvalue weighted by Crippen LogP contribution is 2.31. The molecular formula is C18H21N3O. The highest BCUT2D eigenvalue weighted by atomic mass is 16.2. The molecule has 1 aromatic carbocycles. The van der Waals surface area contributed by atoms with Gasteiger partial charge in [-0.2, -0.15) is 0 Å². The van der Waals surface area contributed by atoms with Crippen LogP contribution in [0, 0.1) is 0 Å². The minimum absolute atomic E-state index is 0.199. The van der Waals surface area contributed by atoms with Crippen LogP contribution in [0.3, 0.4) is 0 Å². The molecule has 4 rings (SSSR count). The van der Waals surface area contributed by atoms with Crippen molar-refractivity contribution in [3.05, 3.63) is 41.1 Å². The number of benzene rings is 1. The maximum Gasteiger partial charge on any atom is 0.254 e. The van der Waals surface area contributed by atoms with Gasteiger partial charge in [-0.3, -0.25) is 9.78 Å². The molecule has 0 bridgehead atoms. The zero-order chi connectivity index (χ0) is 15.1. The molecule has 0 radical (unpaired) electrons. The molecule has 2 aromatic rings. The topological polar surface area (TPSA) is 36.4 Å². The molecule has 0 atom stereocenters. The van der Waals surface area contributed by atoms with E-state index in [0.717, 1.165) is 67.6 Å². The van der Waals surface area contributed by atoms with Crippen LogP contribution in [0.4, 0.5) is 0 Å². The van der Waals surface area contributed by atoms with Gasteiger partial charge < -0.3 is 9.80 Å². The van der Waals surface area contributed by atoms with Crippen LogP contribution in [0.1, 0.15) is 28.0 Å². The second-order valence-electron chi connectivity index (χ2n) is 6.38. The van der Waals surface area contributed by atoms with Crippen molar-refractivity contribution in [2.24, 2.45) is 0 Å². The molecule has 4 heteroatoms. The van der Waals surface area contributed by atoms with Crippen LogP contribution in [-0.4, -0.2) is 53.9 Å². The van der Waals surface area contributed by atoms with Gasteiger partial charge in [-0.25, -0.2) is 0 Å². The second-order valence-corrected chi connectivity index (χ2v) is 6.38. The average molecular weight is 295 g/mol. The summed E-state index contributed by atoms with van der Waals surface area (Å²) in [5, 5.41) is 1.02. The zero-order valence-corrected chi connectivity index (χ0v) is 13.0. The van der Waals surface area contributed by atoms with Crippen molar-refractivity contribution in [2.75, 3.05) is 33.2 Å². The number of carbonyl (C=O) groups excluding carboxylic acids is 1. The minimum atomic E-state index is 0.199. The predicted molar refractivity (Wildman–Crippen MR) is 87.2 cm³/mol. The normalized spacial score (nSPS) is 18.7. The third-order valence-electron chi connectivity index (χ3n) is 4.92. The molecule has 0 spiro atoms. The highest BCUT2D eigenvalue weighted by Gasteiger charge is 2.28. The third kappa shape index (κ3) is 2.18. The number of rotatable bonds is 1. The first-order valence-corrected chi connectivity index (χ1v) is 8.12. The van der Waals surface area contributed by atoms with E-state index in [1.54, 1.807) is 0 Å². The fourth-order valence-corrected chi connectivity index (χ4v) is 3.62. The number of carbonyl (C=O) groups is 1. The van der Waals surface area contributed by atoms with Gasteiger partial charge in [0.2, 0.25) is 0 Å². The molecule has 114 valence electrons. The summed E-state index contributed by atoms with van der Waals surface area (Å²) in [7, 11) is 2.11. The lowest BCUT2D eigenvalue weighted by Crippen LogP contribution is -2.47. The van der Waals surface area contributed by atoms with Crippen LogP contribution in [0.5, 0.6) is 0 Å². The SMILES string of the molecule is CN1CCN(C(=O)c2c3c(nc4ccccc24)CCC3)CC1. The maximum atomic E-state index is 13.2. The van der Waals surface area contributed by atoms with Crippen molar-refractivity contribution in [1.29, 1.82) is 0 Å². The van der Waals surface area contributed by atoms with Gasteiger partial charge in [-0.1, -0.05) is 18.2 Å². The van der Waals surface area contributed by atoms with E-state index in [2.05, 4.69) is 11.9 Å². The number of hydrogen-bond acceptors (Lipinski definition) is 3. The largest absolute Gasteiger partial charge is 0.336 e. The van der Waals surface area contributed by atoms with Gasteiger partial charge in [0.1, 0.15) is 0 Å². The van der Waals surface area contributed by atoms with E-state index in [-0.39, 0.29) is 5.91 Å². The highest BCUT2D eigenvalue weighted by molar-refractivity contribution is 6.07. The van der Waals surface area contributed by atoms with E-state index < -0.39 is 0 Å². The van der Waals surface area contributed by atoms with Crippen LogP contribution in [-0.2, 0) is 12.8 Å². The zero-order valence-electron chi connectivity index (χ0n) is 13.0. The summed E-state index contributed by atoms with van der Waals surface area (Å²) >= 11 is 0. The summed E-state index contributed by atoms with van der Waals surface area (Å²) < 4.78 is 0. The Hall–Kier alpha value is -1.94. The Morgan fingerprint density at radius 3 is 2.68 bits per heavy atom. The molecule has 22 heavy (non-hydrogen) atoms. The number of pyridine rings is 1. The fourth-order valence-electron chi connectivity index (χ4n) is 3.62. The number of amides is 1. The van der Waals surface area contributed by atoms with Crippen molar-refractivity contribution in [3.63, 3.8) is 0 Å². The summed E-state index contributed by atoms with van der Waals surface area (Å²) in [6, 6.07) is 8.08. The summed E-state index contributed by atoms with van der Waals surface area (Å²) in [4.78, 5) is 22.2. The number of aryl methyl sites for hydroxylation is 1. The number of hydrogen-bond donors (Lipinski definition) is 0. The van der Waals surface area contributed by atoms with E-state index in [4.69, 9.17) is 4.98 Å². The van der Waals surface area contributed by atoms with E-state index in [0.29, 0.717) is 0 Å². The van der Waals surface area contributed by atoms with E-state index in [9.17, 15) is 4.79 Å². The first kappa shape index (κ1) is 13.7. The second kappa shape index (κ2) is 5.36. The molecule has 1 amide bonds. The Morgan fingerprint density at radius 1 is 1.09 bits per heavy atom. The molecule has 0 saturated carbocycles. The van der Waals surface area contributed by atoms with Gasteiger partial charge in [0.25, 0.3) is 5.91 Å². The molecule has 1 aromatic heterocycles. The lowest BCUT2D eigenvalue weighted by Gasteiger charge is -2.33. The van der Waals surface area contributed by atoms with Gasteiger partial charge in [-0.05, 0) is 37.9 Å². The van der Waals surface area contributed by atoms with Crippen LogP contribution >= 0.6 is 0 Å². The molecule has 0 N–H and O–H groups in total. The predicted octanol–water partition coefficient (Wildman–Crippen LogP) is 2.11. The van der Waals surface area contributed by atoms with E-state index >= 15 is 0 Å². The minimum Gasteiger partial charge on any atom is -0.336 e. The Morgan fingerprint density at radius 2 is 1.86 bits per heavy atom. The Labute approximate surface area is 130 Å². The number of nitrogens with zero attached hydrogens (tertiary/aromatic N) is 3. The Bertz CT molecular complexity index is 732. The van der Waals surface area contributed by atoms with Gasteiger partial charge in [-0.15, -0.1) is 0 Å². The van der Waals surface area contributed by atoms with Crippen molar-refractivity contribution in [2.45, 2.75) is 19.3 Å². The number of likely N-dealkylation sites (N-methyl/N-ethyl adjacent to an activating group) is 1. The molecule has 1 aliphatic carbocycles. The first-order chi connectivity index (χ1) is 10.7. The van der Waals surface area contributed by atoms with E-state index in [1.807, 2.05) is 29.2 Å². The molecule has 1 aliphatic heterocycles. The van der Waals surface area contributed by atoms with Crippen molar-refractivity contribution < 1.29 is 4.79 Å². The smallest absolute Gasteiger partial charge is 0.254 e. The van der Waals surface area contributed by atoms with Crippen LogP contribution < -0.4 is 0 Å². The first-order valence-electron chi connectivity index (χ1n) is 8.12.